The van der Waals surface area contributed by atoms with Crippen LogP contribution in [0.25, 0.3) is 0 Å². The first kappa shape index (κ1) is 16.6. The summed E-state index contributed by atoms with van der Waals surface area (Å²) in [6.07, 6.45) is 8.29. The van der Waals surface area contributed by atoms with E-state index in [1.54, 1.807) is 18.2 Å². The lowest BCUT2D eigenvalue weighted by Gasteiger charge is -2.12. The van der Waals surface area contributed by atoms with Crippen LogP contribution in [0, 0.1) is 29.6 Å². The molecule has 0 bridgehead atoms. The Balaban J connectivity index is 1.74. The van der Waals surface area contributed by atoms with Crippen molar-refractivity contribution < 1.29 is 9.73 Å². The number of aryl methyl sites for hydroxylation is 1. The standard InChI is InChI=1S/C22H16N4O/c1-14-9-10-21(27-20-8-4-5-15(12-23)17(20)13-24)16(11-14)22-25-18-6-2-3-7-19(18)26-22/h2-11,18-19H,1H3,(H,25,26)/p+1/t18-,19-/m1/s1. The fourth-order valence-corrected chi connectivity index (χ4v) is 3.28. The van der Waals surface area contributed by atoms with E-state index in [-0.39, 0.29) is 17.6 Å². The molecule has 0 aromatic heterocycles. The van der Waals surface area contributed by atoms with Gasteiger partial charge < -0.3 is 4.74 Å². The molecule has 2 aliphatic rings. The molecule has 2 atom stereocenters. The molecule has 2 aromatic rings. The van der Waals surface area contributed by atoms with Crippen molar-refractivity contribution in [1.82, 2.24) is 5.32 Å². The van der Waals surface area contributed by atoms with Gasteiger partial charge in [0.1, 0.15) is 34.8 Å². The molecule has 1 heterocycles. The zero-order valence-electron chi connectivity index (χ0n) is 14.7. The Kier molecular flexibility index (Phi) is 4.20. The second-order valence-electron chi connectivity index (χ2n) is 6.49. The van der Waals surface area contributed by atoms with E-state index in [9.17, 15) is 10.5 Å². The highest BCUT2D eigenvalue weighted by atomic mass is 16.5. The molecule has 1 aliphatic heterocycles. The molecular weight excluding hydrogens is 336 g/mol. The van der Waals surface area contributed by atoms with Gasteiger partial charge in [0.2, 0.25) is 0 Å². The van der Waals surface area contributed by atoms with Crippen molar-refractivity contribution in [3.8, 4) is 23.6 Å². The van der Waals surface area contributed by atoms with E-state index >= 15 is 0 Å². The van der Waals surface area contributed by atoms with Gasteiger partial charge in [0.25, 0.3) is 5.84 Å². The van der Waals surface area contributed by atoms with Gasteiger partial charge in [-0.15, -0.1) is 0 Å². The number of allylic oxidation sites excluding steroid dienone is 2. The number of fused-ring (bicyclic) bond motifs is 1. The average molecular weight is 353 g/mol. The summed E-state index contributed by atoms with van der Waals surface area (Å²) in [5.41, 5.74) is 2.52. The normalized spacial score (nSPS) is 19.4. The first-order valence-corrected chi connectivity index (χ1v) is 8.66. The molecule has 0 fully saturated rings. The average Bonchev–Trinajstić information content (AvgIpc) is 3.13. The Bertz CT molecular complexity index is 1080. The van der Waals surface area contributed by atoms with Gasteiger partial charge in [-0.25, -0.2) is 0 Å². The summed E-state index contributed by atoms with van der Waals surface area (Å²) in [5.74, 6) is 1.88. The molecular formula is C22H17N4O+. The maximum atomic E-state index is 9.45. The van der Waals surface area contributed by atoms with Crippen molar-refractivity contribution in [2.24, 2.45) is 0 Å². The number of amidine groups is 1. The van der Waals surface area contributed by atoms with Crippen LogP contribution in [0.15, 0.2) is 60.7 Å². The van der Waals surface area contributed by atoms with Gasteiger partial charge >= 0.3 is 0 Å². The topological polar surface area (TPSA) is 82.8 Å². The quantitative estimate of drug-likeness (QED) is 0.882. The Labute approximate surface area is 157 Å². The highest BCUT2D eigenvalue weighted by molar-refractivity contribution is 5.98. The molecule has 0 saturated carbocycles. The van der Waals surface area contributed by atoms with Gasteiger partial charge in [-0.2, -0.15) is 10.5 Å². The van der Waals surface area contributed by atoms with Crippen LogP contribution in [-0.2, 0) is 0 Å². The molecule has 5 heteroatoms. The van der Waals surface area contributed by atoms with Crippen LogP contribution < -0.4 is 15.0 Å². The van der Waals surface area contributed by atoms with E-state index in [4.69, 9.17) is 4.74 Å². The van der Waals surface area contributed by atoms with Crippen LogP contribution in [0.2, 0.25) is 0 Å². The number of rotatable bonds is 3. The molecule has 4 rings (SSSR count). The van der Waals surface area contributed by atoms with Gasteiger partial charge in [0, 0.05) is 0 Å². The number of hydrogen-bond acceptors (Lipinski definition) is 4. The Morgan fingerprint density at radius 1 is 1.04 bits per heavy atom. The highest BCUT2D eigenvalue weighted by Gasteiger charge is 2.34. The smallest absolute Gasteiger partial charge is 0.280 e. The fraction of sp³-hybridized carbons (Fsp3) is 0.136. The van der Waals surface area contributed by atoms with Crippen molar-refractivity contribution in [2.75, 3.05) is 0 Å². The number of hydrogen-bond donors (Lipinski definition) is 2. The lowest BCUT2D eigenvalue weighted by Crippen LogP contribution is -2.77. The number of benzene rings is 2. The molecule has 5 nitrogen and oxygen atoms in total. The highest BCUT2D eigenvalue weighted by Crippen LogP contribution is 2.30. The summed E-state index contributed by atoms with van der Waals surface area (Å²) in [6.45, 7) is 2.02. The predicted octanol–water partition coefficient (Wildman–Crippen LogP) is 1.82. The summed E-state index contributed by atoms with van der Waals surface area (Å²) in [7, 11) is 0. The van der Waals surface area contributed by atoms with Crippen molar-refractivity contribution in [3.05, 3.63) is 83.0 Å². The van der Waals surface area contributed by atoms with Gasteiger partial charge in [0.15, 0.2) is 12.1 Å². The van der Waals surface area contributed by atoms with Crippen LogP contribution in [0.1, 0.15) is 22.3 Å². The maximum Gasteiger partial charge on any atom is 0.280 e. The zero-order valence-corrected chi connectivity index (χ0v) is 14.7. The second kappa shape index (κ2) is 6.82. The van der Waals surface area contributed by atoms with Crippen molar-refractivity contribution in [1.29, 1.82) is 10.5 Å². The molecule has 0 radical (unpaired) electrons. The lowest BCUT2D eigenvalue weighted by atomic mass is 10.1. The number of ether oxygens (including phenoxy) is 1. The second-order valence-corrected chi connectivity index (χ2v) is 6.49. The van der Waals surface area contributed by atoms with E-state index in [0.717, 1.165) is 17.0 Å². The summed E-state index contributed by atoms with van der Waals surface area (Å²) in [6, 6.07) is 15.4. The third-order valence-electron chi connectivity index (χ3n) is 4.64. The summed E-state index contributed by atoms with van der Waals surface area (Å²) < 4.78 is 6.08. The van der Waals surface area contributed by atoms with E-state index in [0.29, 0.717) is 17.1 Å². The summed E-state index contributed by atoms with van der Waals surface area (Å²) in [5, 5.41) is 22.2. The fourth-order valence-electron chi connectivity index (χ4n) is 3.28. The minimum absolute atomic E-state index is 0.190. The van der Waals surface area contributed by atoms with E-state index < -0.39 is 0 Å². The molecule has 0 unspecified atom stereocenters. The number of nitrogens with zero attached hydrogens (tertiary/aromatic N) is 2. The molecule has 1 aliphatic carbocycles. The molecule has 0 saturated heterocycles. The SMILES string of the molecule is Cc1ccc(Oc2cccc(C#N)c2C#N)c(C2=[NH+][C@@H]3C=CC=C[C@H]3N2)c1. The lowest BCUT2D eigenvalue weighted by molar-refractivity contribution is -0.479. The van der Waals surface area contributed by atoms with Crippen LogP contribution in [0.3, 0.4) is 0 Å². The minimum Gasteiger partial charge on any atom is -0.455 e. The largest absolute Gasteiger partial charge is 0.455 e. The zero-order chi connectivity index (χ0) is 18.8. The van der Waals surface area contributed by atoms with Gasteiger partial charge in [-0.1, -0.05) is 24.3 Å². The third kappa shape index (κ3) is 3.07. The Morgan fingerprint density at radius 2 is 1.89 bits per heavy atom. The molecule has 130 valence electrons. The van der Waals surface area contributed by atoms with Crippen molar-refractivity contribution in [2.45, 2.75) is 19.0 Å². The Hall–Kier alpha value is -3.83. The molecule has 27 heavy (non-hydrogen) atoms. The number of nitriles is 2. The van der Waals surface area contributed by atoms with E-state index in [1.165, 1.54) is 0 Å². The monoisotopic (exact) mass is 353 g/mol. The van der Waals surface area contributed by atoms with E-state index in [2.05, 4.69) is 28.5 Å². The van der Waals surface area contributed by atoms with Gasteiger partial charge in [-0.05, 0) is 48.9 Å². The van der Waals surface area contributed by atoms with Gasteiger partial charge in [0.05, 0.1) is 5.56 Å². The van der Waals surface area contributed by atoms with Gasteiger partial charge in [-0.3, -0.25) is 10.3 Å². The molecule has 0 spiro atoms. The van der Waals surface area contributed by atoms with Crippen LogP contribution >= 0.6 is 0 Å². The molecule has 2 N–H and O–H groups in total. The third-order valence-corrected chi connectivity index (χ3v) is 4.64. The first-order valence-electron chi connectivity index (χ1n) is 8.66. The first-order chi connectivity index (χ1) is 13.2. The summed E-state index contributed by atoms with van der Waals surface area (Å²) >= 11 is 0. The van der Waals surface area contributed by atoms with Crippen LogP contribution in [0.4, 0.5) is 0 Å². The van der Waals surface area contributed by atoms with Crippen molar-refractivity contribution >= 4 is 5.84 Å². The van der Waals surface area contributed by atoms with Crippen molar-refractivity contribution in [3.63, 3.8) is 0 Å². The number of nitrogens with one attached hydrogen (secondary N) is 2. The molecule has 0 amide bonds. The Morgan fingerprint density at radius 3 is 2.67 bits per heavy atom. The van der Waals surface area contributed by atoms with Crippen LogP contribution in [-0.4, -0.2) is 17.9 Å². The maximum absolute atomic E-state index is 9.45. The molecule has 2 aromatic carbocycles. The van der Waals surface area contributed by atoms with Crippen LogP contribution in [0.5, 0.6) is 11.5 Å². The minimum atomic E-state index is 0.190. The predicted molar refractivity (Wildman–Crippen MR) is 101 cm³/mol. The van der Waals surface area contributed by atoms with E-state index in [1.807, 2.05) is 43.3 Å². The summed E-state index contributed by atoms with van der Waals surface area (Å²) in [4.78, 5) is 3.48.